The first kappa shape index (κ1) is 18.7. The van der Waals surface area contributed by atoms with E-state index in [1.54, 1.807) is 6.07 Å². The minimum Gasteiger partial charge on any atom is -0.495 e. The lowest BCUT2D eigenvalue weighted by Gasteiger charge is -2.09. The molecule has 0 saturated heterocycles. The van der Waals surface area contributed by atoms with E-state index < -0.39 is 21.9 Å². The number of carbonyl (C=O) groups is 2. The van der Waals surface area contributed by atoms with Crippen LogP contribution < -0.4 is 14.8 Å². The molecule has 0 radical (unpaired) electrons. The molecule has 0 heterocycles. The topological polar surface area (TPSA) is 111 Å². The molecule has 1 rings (SSSR count). The summed E-state index contributed by atoms with van der Waals surface area (Å²) < 4.78 is 35.8. The number of ether oxygens (including phenoxy) is 2. The summed E-state index contributed by atoms with van der Waals surface area (Å²) in [5.41, 5.74) is 0.455. The van der Waals surface area contributed by atoms with E-state index in [-0.39, 0.29) is 17.3 Å². The van der Waals surface area contributed by atoms with E-state index in [4.69, 9.17) is 4.74 Å². The fourth-order valence-corrected chi connectivity index (χ4v) is 2.47. The maximum absolute atomic E-state index is 11.9. The van der Waals surface area contributed by atoms with Crippen molar-refractivity contribution in [3.8, 4) is 5.75 Å². The summed E-state index contributed by atoms with van der Waals surface area (Å²) in [4.78, 5) is 22.4. The number of amides is 1. The number of rotatable bonds is 7. The van der Waals surface area contributed by atoms with Gasteiger partial charge >= 0.3 is 5.97 Å². The molecule has 23 heavy (non-hydrogen) atoms. The maximum Gasteiger partial charge on any atom is 0.331 e. The number of carbonyl (C=O) groups excluding carboxylic acids is 2. The molecule has 0 aliphatic heterocycles. The normalized spacial score (nSPS) is 11.3. The second kappa shape index (κ2) is 8.30. The summed E-state index contributed by atoms with van der Waals surface area (Å²) >= 11 is 0. The lowest BCUT2D eigenvalue weighted by atomic mass is 10.2. The third-order valence-corrected chi connectivity index (χ3v) is 4.22. The standard InChI is InChI=1S/C14H18N2O6S/c1-15-13(17)9-22-14(18)7-5-10-4-6-11(21-3)12(8-10)23(19,20)16-2/h4-8,16H,9H2,1-3H3,(H,15,17)/b7-5+. The van der Waals surface area contributed by atoms with Crippen LogP contribution in [0.4, 0.5) is 0 Å². The average molecular weight is 342 g/mol. The van der Waals surface area contributed by atoms with Crippen LogP contribution in [-0.2, 0) is 24.3 Å². The number of nitrogens with one attached hydrogen (secondary N) is 2. The van der Waals surface area contributed by atoms with Gasteiger partial charge in [-0.3, -0.25) is 4.79 Å². The van der Waals surface area contributed by atoms with E-state index in [1.807, 2.05) is 0 Å². The molecule has 0 aliphatic rings. The molecule has 0 unspecified atom stereocenters. The van der Waals surface area contributed by atoms with Crippen LogP contribution in [0.15, 0.2) is 29.2 Å². The van der Waals surface area contributed by atoms with Crippen molar-refractivity contribution >= 4 is 28.0 Å². The Morgan fingerprint density at radius 2 is 1.96 bits per heavy atom. The van der Waals surface area contributed by atoms with E-state index in [0.29, 0.717) is 5.56 Å². The average Bonchev–Trinajstić information content (AvgIpc) is 2.57. The minimum absolute atomic E-state index is 0.0524. The van der Waals surface area contributed by atoms with Gasteiger partial charge in [0.1, 0.15) is 10.6 Å². The summed E-state index contributed by atoms with van der Waals surface area (Å²) in [5.74, 6) is -0.972. The quantitative estimate of drug-likeness (QED) is 0.529. The number of hydrogen-bond acceptors (Lipinski definition) is 6. The SMILES string of the molecule is CNC(=O)COC(=O)/C=C/c1ccc(OC)c(S(=O)(=O)NC)c1. The van der Waals surface area contributed by atoms with Crippen LogP contribution >= 0.6 is 0 Å². The summed E-state index contributed by atoms with van der Waals surface area (Å²) in [6.07, 6.45) is 2.47. The highest BCUT2D eigenvalue weighted by Gasteiger charge is 2.17. The number of benzene rings is 1. The molecule has 1 aromatic carbocycles. The van der Waals surface area contributed by atoms with E-state index in [1.165, 1.54) is 39.4 Å². The van der Waals surface area contributed by atoms with Gasteiger partial charge in [0.2, 0.25) is 10.0 Å². The van der Waals surface area contributed by atoms with Crippen molar-refractivity contribution in [1.82, 2.24) is 10.0 Å². The Morgan fingerprint density at radius 1 is 1.26 bits per heavy atom. The molecule has 1 amide bonds. The summed E-state index contributed by atoms with van der Waals surface area (Å²) in [6.45, 7) is -0.387. The molecule has 0 spiro atoms. The summed E-state index contributed by atoms with van der Waals surface area (Å²) in [5, 5.41) is 2.31. The number of hydrogen-bond donors (Lipinski definition) is 2. The smallest absolute Gasteiger partial charge is 0.331 e. The Balaban J connectivity index is 2.94. The molecule has 2 N–H and O–H groups in total. The van der Waals surface area contributed by atoms with Crippen molar-refractivity contribution in [3.63, 3.8) is 0 Å². The van der Waals surface area contributed by atoms with Gasteiger partial charge < -0.3 is 14.8 Å². The largest absolute Gasteiger partial charge is 0.495 e. The van der Waals surface area contributed by atoms with Gasteiger partial charge in [0, 0.05) is 13.1 Å². The Kier molecular flexibility index (Phi) is 6.73. The molecule has 0 fully saturated rings. The highest BCUT2D eigenvalue weighted by molar-refractivity contribution is 7.89. The molecule has 126 valence electrons. The van der Waals surface area contributed by atoms with Crippen molar-refractivity contribution in [2.24, 2.45) is 0 Å². The van der Waals surface area contributed by atoms with Crippen LogP contribution in [-0.4, -0.2) is 48.1 Å². The van der Waals surface area contributed by atoms with Gasteiger partial charge in [-0.2, -0.15) is 0 Å². The van der Waals surface area contributed by atoms with Crippen molar-refractivity contribution in [3.05, 3.63) is 29.8 Å². The van der Waals surface area contributed by atoms with Gasteiger partial charge in [-0.1, -0.05) is 6.07 Å². The Hall–Kier alpha value is -2.39. The zero-order valence-electron chi connectivity index (χ0n) is 13.0. The van der Waals surface area contributed by atoms with Crippen LogP contribution in [0.3, 0.4) is 0 Å². The van der Waals surface area contributed by atoms with Crippen LogP contribution in [0.25, 0.3) is 6.08 Å². The zero-order chi connectivity index (χ0) is 17.5. The predicted octanol–water partition coefficient (Wildman–Crippen LogP) is -0.0943. The molecular weight excluding hydrogens is 324 g/mol. The minimum atomic E-state index is -3.70. The highest BCUT2D eigenvalue weighted by atomic mass is 32.2. The molecular formula is C14H18N2O6S. The molecule has 0 aliphatic carbocycles. The number of sulfonamides is 1. The fraction of sp³-hybridized carbons (Fsp3) is 0.286. The molecule has 8 nitrogen and oxygen atoms in total. The summed E-state index contributed by atoms with van der Waals surface area (Å²) in [6, 6.07) is 4.41. The highest BCUT2D eigenvalue weighted by Crippen LogP contribution is 2.25. The molecule has 0 atom stereocenters. The molecule has 1 aromatic rings. The predicted molar refractivity (Wildman–Crippen MR) is 83.3 cm³/mol. The summed E-state index contributed by atoms with van der Waals surface area (Å²) in [7, 11) is 0.361. The van der Waals surface area contributed by atoms with Crippen molar-refractivity contribution in [1.29, 1.82) is 0 Å². The van der Waals surface area contributed by atoms with Crippen molar-refractivity contribution in [2.45, 2.75) is 4.90 Å². The molecule has 0 aromatic heterocycles. The molecule has 9 heteroatoms. The van der Waals surface area contributed by atoms with Crippen LogP contribution in [0.1, 0.15) is 5.56 Å². The zero-order valence-corrected chi connectivity index (χ0v) is 13.8. The van der Waals surface area contributed by atoms with Crippen molar-refractivity contribution < 1.29 is 27.5 Å². The maximum atomic E-state index is 11.9. The van der Waals surface area contributed by atoms with E-state index in [9.17, 15) is 18.0 Å². The van der Waals surface area contributed by atoms with Crippen LogP contribution in [0.5, 0.6) is 5.75 Å². The van der Waals surface area contributed by atoms with Crippen LogP contribution in [0, 0.1) is 0 Å². The van der Waals surface area contributed by atoms with Gasteiger partial charge in [-0.25, -0.2) is 17.9 Å². The Morgan fingerprint density at radius 3 is 2.52 bits per heavy atom. The van der Waals surface area contributed by atoms with E-state index in [0.717, 1.165) is 6.08 Å². The third kappa shape index (κ3) is 5.38. The van der Waals surface area contributed by atoms with Gasteiger partial charge in [-0.15, -0.1) is 0 Å². The van der Waals surface area contributed by atoms with Gasteiger partial charge in [-0.05, 0) is 30.8 Å². The lowest BCUT2D eigenvalue weighted by molar-refractivity contribution is -0.143. The number of likely N-dealkylation sites (N-methyl/N-ethyl adjacent to an activating group) is 1. The van der Waals surface area contributed by atoms with Gasteiger partial charge in [0.25, 0.3) is 5.91 Å². The second-order valence-corrected chi connectivity index (χ2v) is 6.09. The Bertz CT molecular complexity index is 712. The van der Waals surface area contributed by atoms with E-state index >= 15 is 0 Å². The lowest BCUT2D eigenvalue weighted by Crippen LogP contribution is -2.24. The first-order valence-corrected chi connectivity index (χ1v) is 7.99. The second-order valence-electron chi connectivity index (χ2n) is 4.23. The number of esters is 1. The van der Waals surface area contributed by atoms with E-state index in [2.05, 4.69) is 14.8 Å². The fourth-order valence-electron chi connectivity index (χ4n) is 1.54. The van der Waals surface area contributed by atoms with Crippen LogP contribution in [0.2, 0.25) is 0 Å². The van der Waals surface area contributed by atoms with Gasteiger partial charge in [0.05, 0.1) is 7.11 Å². The monoisotopic (exact) mass is 342 g/mol. The number of methoxy groups -OCH3 is 1. The Labute approximate surface area is 134 Å². The first-order valence-electron chi connectivity index (χ1n) is 6.51. The van der Waals surface area contributed by atoms with Crippen molar-refractivity contribution in [2.75, 3.05) is 27.8 Å². The third-order valence-electron chi connectivity index (χ3n) is 2.78. The molecule has 0 saturated carbocycles. The molecule has 0 bridgehead atoms. The first-order chi connectivity index (χ1) is 10.8. The van der Waals surface area contributed by atoms with Gasteiger partial charge in [0.15, 0.2) is 6.61 Å².